The van der Waals surface area contributed by atoms with E-state index in [1.165, 1.54) is 17.0 Å². The molecule has 2 amide bonds. The molecular formula is C25H29N5O5. The summed E-state index contributed by atoms with van der Waals surface area (Å²) in [5.41, 5.74) is -0.549. The third kappa shape index (κ3) is 5.65. The van der Waals surface area contributed by atoms with Crippen molar-refractivity contribution < 1.29 is 14.7 Å². The molecule has 1 aromatic heterocycles. The highest BCUT2D eigenvalue weighted by Crippen LogP contribution is 2.32. The molecule has 35 heavy (non-hydrogen) atoms. The highest BCUT2D eigenvalue weighted by atomic mass is 16.3. The lowest BCUT2D eigenvalue weighted by molar-refractivity contribution is -0.122. The van der Waals surface area contributed by atoms with Gasteiger partial charge in [0.1, 0.15) is 17.4 Å². The number of pyridine rings is 1. The van der Waals surface area contributed by atoms with E-state index in [0.717, 1.165) is 5.56 Å². The lowest BCUT2D eigenvalue weighted by atomic mass is 10.0. The van der Waals surface area contributed by atoms with Crippen LogP contribution in [0.3, 0.4) is 0 Å². The van der Waals surface area contributed by atoms with Gasteiger partial charge in [0.2, 0.25) is 5.91 Å². The van der Waals surface area contributed by atoms with Crippen molar-refractivity contribution >= 4 is 28.9 Å². The van der Waals surface area contributed by atoms with Crippen LogP contribution in [-0.4, -0.2) is 53.5 Å². The predicted octanol–water partition coefficient (Wildman–Crippen LogP) is 1.62. The number of aromatic nitrogens is 1. The Hall–Kier alpha value is -4.21. The summed E-state index contributed by atoms with van der Waals surface area (Å²) in [6, 6.07) is 7.43. The molecule has 0 saturated heterocycles. The number of para-hydroxylation sites is 1. The van der Waals surface area contributed by atoms with Gasteiger partial charge >= 0.3 is 0 Å². The molecule has 2 aromatic carbocycles. The lowest BCUT2D eigenvalue weighted by Crippen LogP contribution is -2.47. The topological polar surface area (TPSA) is 141 Å². The number of aromatic hydroxyl groups is 1. The van der Waals surface area contributed by atoms with E-state index in [4.69, 9.17) is 0 Å². The Morgan fingerprint density at radius 3 is 2.40 bits per heavy atom. The molecule has 10 heteroatoms. The first-order valence-corrected chi connectivity index (χ1v) is 11.2. The average Bonchev–Trinajstić information content (AvgIpc) is 2.84. The van der Waals surface area contributed by atoms with Gasteiger partial charge in [-0.25, -0.2) is 0 Å². The fourth-order valence-electron chi connectivity index (χ4n) is 3.52. The number of carbonyl (C=O) groups excluding carboxylic acids is 2. The maximum Gasteiger partial charge on any atom is 0.257 e. The molecule has 0 radical (unpaired) electrons. The van der Waals surface area contributed by atoms with Gasteiger partial charge in [-0.3, -0.25) is 24.2 Å². The summed E-state index contributed by atoms with van der Waals surface area (Å²) in [6.45, 7) is 4.02. The molecule has 0 spiro atoms. The molecule has 0 bridgehead atoms. The zero-order valence-corrected chi connectivity index (χ0v) is 20.1. The summed E-state index contributed by atoms with van der Waals surface area (Å²) in [4.78, 5) is 55.1. The number of hydrogen-bond acceptors (Lipinski definition) is 8. The Kier molecular flexibility index (Phi) is 7.85. The number of hydrogen-bond donors (Lipinski definition) is 4. The van der Waals surface area contributed by atoms with Crippen molar-refractivity contribution in [1.82, 2.24) is 15.2 Å². The molecule has 3 rings (SSSR count). The monoisotopic (exact) mass is 479 g/mol. The van der Waals surface area contributed by atoms with Crippen LogP contribution < -0.4 is 26.8 Å². The van der Waals surface area contributed by atoms with Crippen molar-refractivity contribution in [3.63, 3.8) is 0 Å². The summed E-state index contributed by atoms with van der Waals surface area (Å²) < 4.78 is 0. The van der Waals surface area contributed by atoms with Crippen LogP contribution in [0.15, 0.2) is 52.3 Å². The van der Waals surface area contributed by atoms with Crippen molar-refractivity contribution in [2.45, 2.75) is 26.3 Å². The molecule has 1 heterocycles. The van der Waals surface area contributed by atoms with Gasteiger partial charge in [0, 0.05) is 33.0 Å². The Morgan fingerprint density at radius 2 is 1.77 bits per heavy atom. The standard InChI is InChI=1S/C25H29N5O5/c1-14(2)18(24(34)27-12-10-15-7-6-11-26-13-15)29-20-19(22(32)23(20)33)28-17-9-5-8-16(21(17)31)25(35)30(3)4/h5-9,11,13-14,18,28-29,31H,10,12H2,1-4H3,(H,27,34)/t18-/m1/s1. The maximum absolute atomic E-state index is 12.8. The minimum atomic E-state index is -0.782. The number of anilines is 3. The second kappa shape index (κ2) is 10.8. The number of benzene rings is 1. The second-order valence-corrected chi connectivity index (χ2v) is 8.70. The van der Waals surface area contributed by atoms with Gasteiger partial charge in [-0.2, -0.15) is 0 Å². The summed E-state index contributed by atoms with van der Waals surface area (Å²) in [7, 11) is 3.10. The van der Waals surface area contributed by atoms with Crippen LogP contribution in [0.5, 0.6) is 5.75 Å². The minimum absolute atomic E-state index is 0.0418. The van der Waals surface area contributed by atoms with Crippen molar-refractivity contribution in [2.24, 2.45) is 5.92 Å². The molecular weight excluding hydrogens is 450 g/mol. The molecule has 0 saturated carbocycles. The lowest BCUT2D eigenvalue weighted by Gasteiger charge is -2.25. The number of nitrogens with one attached hydrogen (secondary N) is 3. The SMILES string of the molecule is CC(C)[C@@H](Nc1c(Nc2cccc(C(=O)N(C)C)c2O)c(=O)c1=O)C(=O)NCCc1cccnc1. The van der Waals surface area contributed by atoms with Gasteiger partial charge in [-0.05, 0) is 36.1 Å². The summed E-state index contributed by atoms with van der Waals surface area (Å²) >= 11 is 0. The zero-order chi connectivity index (χ0) is 25.7. The van der Waals surface area contributed by atoms with E-state index in [-0.39, 0.29) is 40.2 Å². The molecule has 0 fully saturated rings. The van der Waals surface area contributed by atoms with Crippen LogP contribution in [0.4, 0.5) is 17.1 Å². The molecule has 1 atom stereocenters. The first-order valence-electron chi connectivity index (χ1n) is 11.2. The van der Waals surface area contributed by atoms with Gasteiger partial charge in [-0.15, -0.1) is 0 Å². The number of rotatable bonds is 10. The van der Waals surface area contributed by atoms with E-state index in [1.807, 2.05) is 26.0 Å². The fourth-order valence-corrected chi connectivity index (χ4v) is 3.52. The van der Waals surface area contributed by atoms with Gasteiger partial charge in [-0.1, -0.05) is 26.0 Å². The molecule has 0 unspecified atom stereocenters. The highest BCUT2D eigenvalue weighted by molar-refractivity contribution is 5.99. The molecule has 0 aliphatic rings. The van der Waals surface area contributed by atoms with E-state index in [1.54, 1.807) is 32.6 Å². The van der Waals surface area contributed by atoms with Crippen molar-refractivity contribution in [3.8, 4) is 5.75 Å². The molecule has 0 aliphatic carbocycles. The van der Waals surface area contributed by atoms with Gasteiger partial charge in [0.25, 0.3) is 16.8 Å². The van der Waals surface area contributed by atoms with Crippen LogP contribution in [0.1, 0.15) is 29.8 Å². The van der Waals surface area contributed by atoms with Crippen LogP contribution in [0.25, 0.3) is 0 Å². The Bertz CT molecular complexity index is 1280. The molecule has 10 nitrogen and oxygen atoms in total. The quantitative estimate of drug-likeness (QED) is 0.254. The maximum atomic E-state index is 12.8. The molecule has 184 valence electrons. The van der Waals surface area contributed by atoms with E-state index < -0.39 is 22.8 Å². The van der Waals surface area contributed by atoms with Gasteiger partial charge in [0.05, 0.1) is 11.3 Å². The van der Waals surface area contributed by atoms with Gasteiger partial charge < -0.3 is 26.0 Å². The van der Waals surface area contributed by atoms with Crippen molar-refractivity contribution in [1.29, 1.82) is 0 Å². The Balaban J connectivity index is 1.75. The number of phenolic OH excluding ortho intramolecular Hbond substituents is 1. The number of phenols is 1. The van der Waals surface area contributed by atoms with Crippen LogP contribution in [-0.2, 0) is 11.2 Å². The predicted molar refractivity (Wildman–Crippen MR) is 134 cm³/mol. The fraction of sp³-hybridized carbons (Fsp3) is 0.320. The molecule has 4 N–H and O–H groups in total. The molecule has 3 aromatic rings. The van der Waals surface area contributed by atoms with Crippen LogP contribution in [0.2, 0.25) is 0 Å². The van der Waals surface area contributed by atoms with E-state index in [0.29, 0.717) is 13.0 Å². The Morgan fingerprint density at radius 1 is 1.06 bits per heavy atom. The first kappa shape index (κ1) is 25.4. The Labute approximate surface area is 202 Å². The summed E-state index contributed by atoms with van der Waals surface area (Å²) in [5.74, 6) is -1.28. The van der Waals surface area contributed by atoms with E-state index in [2.05, 4.69) is 20.9 Å². The summed E-state index contributed by atoms with van der Waals surface area (Å²) in [6.07, 6.45) is 3.99. The normalized spacial score (nSPS) is 11.8. The molecule has 0 aliphatic heterocycles. The third-order valence-corrected chi connectivity index (χ3v) is 5.53. The van der Waals surface area contributed by atoms with Gasteiger partial charge in [0.15, 0.2) is 5.75 Å². The van der Waals surface area contributed by atoms with Crippen molar-refractivity contribution in [2.75, 3.05) is 31.3 Å². The second-order valence-electron chi connectivity index (χ2n) is 8.70. The first-order chi connectivity index (χ1) is 16.6. The van der Waals surface area contributed by atoms with Crippen molar-refractivity contribution in [3.05, 3.63) is 74.3 Å². The van der Waals surface area contributed by atoms with E-state index in [9.17, 15) is 24.3 Å². The highest BCUT2D eigenvalue weighted by Gasteiger charge is 2.29. The third-order valence-electron chi connectivity index (χ3n) is 5.53. The van der Waals surface area contributed by atoms with Crippen LogP contribution in [0, 0.1) is 5.92 Å². The number of amides is 2. The average molecular weight is 480 g/mol. The number of nitrogens with zero attached hydrogens (tertiary/aromatic N) is 2. The summed E-state index contributed by atoms with van der Waals surface area (Å²) in [5, 5.41) is 19.0. The largest absolute Gasteiger partial charge is 0.505 e. The number of carbonyl (C=O) groups is 2. The van der Waals surface area contributed by atoms with Crippen LogP contribution >= 0.6 is 0 Å². The zero-order valence-electron chi connectivity index (χ0n) is 20.1. The van der Waals surface area contributed by atoms with E-state index >= 15 is 0 Å². The smallest absolute Gasteiger partial charge is 0.257 e. The minimum Gasteiger partial charge on any atom is -0.505 e.